The number of hydrogen-bond donors (Lipinski definition) is 1. The number of rotatable bonds is 2. The van der Waals surface area contributed by atoms with E-state index in [-0.39, 0.29) is 24.6 Å². The predicted octanol–water partition coefficient (Wildman–Crippen LogP) is 0.510. The van der Waals surface area contributed by atoms with E-state index in [4.69, 9.17) is 9.84 Å². The van der Waals surface area contributed by atoms with Crippen LogP contribution in [0.15, 0.2) is 6.33 Å². The fourth-order valence-electron chi connectivity index (χ4n) is 1.98. The SMILES string of the molecule is Cc1ncnc(N2CC(C)OC(CO)C2)c1F. The first-order chi connectivity index (χ1) is 8.11. The van der Waals surface area contributed by atoms with Gasteiger partial charge in [-0.05, 0) is 13.8 Å². The summed E-state index contributed by atoms with van der Waals surface area (Å²) >= 11 is 0. The largest absolute Gasteiger partial charge is 0.394 e. The molecule has 1 aliphatic rings. The van der Waals surface area contributed by atoms with E-state index in [0.717, 1.165) is 0 Å². The van der Waals surface area contributed by atoms with Crippen LogP contribution in [0.25, 0.3) is 0 Å². The quantitative estimate of drug-likeness (QED) is 0.817. The van der Waals surface area contributed by atoms with Crippen molar-refractivity contribution < 1.29 is 14.2 Å². The van der Waals surface area contributed by atoms with Gasteiger partial charge in [-0.3, -0.25) is 0 Å². The third kappa shape index (κ3) is 2.53. The average molecular weight is 241 g/mol. The van der Waals surface area contributed by atoms with Crippen LogP contribution in [-0.2, 0) is 4.74 Å². The number of halogens is 1. The van der Waals surface area contributed by atoms with E-state index in [2.05, 4.69) is 9.97 Å². The minimum absolute atomic E-state index is 0.0597. The lowest BCUT2D eigenvalue weighted by Gasteiger charge is -2.36. The molecule has 0 radical (unpaired) electrons. The molecule has 0 bridgehead atoms. The molecule has 0 saturated carbocycles. The van der Waals surface area contributed by atoms with Crippen molar-refractivity contribution in [2.75, 3.05) is 24.6 Å². The van der Waals surface area contributed by atoms with Crippen LogP contribution in [0.4, 0.5) is 10.2 Å². The molecule has 2 rings (SSSR count). The minimum atomic E-state index is -0.404. The molecule has 0 aromatic carbocycles. The second-order valence-corrected chi connectivity index (χ2v) is 4.25. The maximum Gasteiger partial charge on any atom is 0.186 e. The zero-order valence-corrected chi connectivity index (χ0v) is 9.93. The Kier molecular flexibility index (Phi) is 3.54. The number of hydrogen-bond acceptors (Lipinski definition) is 5. The molecule has 1 aromatic heterocycles. The fraction of sp³-hybridized carbons (Fsp3) is 0.636. The minimum Gasteiger partial charge on any atom is -0.394 e. The summed E-state index contributed by atoms with van der Waals surface area (Å²) in [6.07, 6.45) is 0.992. The van der Waals surface area contributed by atoms with Crippen molar-refractivity contribution >= 4 is 5.82 Å². The Morgan fingerprint density at radius 3 is 3.00 bits per heavy atom. The summed E-state index contributed by atoms with van der Waals surface area (Å²) in [6.45, 7) is 4.42. The zero-order chi connectivity index (χ0) is 12.4. The molecule has 0 amide bonds. The average Bonchev–Trinajstić information content (AvgIpc) is 2.31. The number of aliphatic hydroxyl groups excluding tert-OH is 1. The van der Waals surface area contributed by atoms with Gasteiger partial charge in [0.2, 0.25) is 0 Å². The summed E-state index contributed by atoms with van der Waals surface area (Å²) in [6, 6.07) is 0. The second-order valence-electron chi connectivity index (χ2n) is 4.25. The molecule has 17 heavy (non-hydrogen) atoms. The van der Waals surface area contributed by atoms with Crippen molar-refractivity contribution in [1.29, 1.82) is 0 Å². The highest BCUT2D eigenvalue weighted by Crippen LogP contribution is 2.21. The third-order valence-electron chi connectivity index (χ3n) is 2.77. The van der Waals surface area contributed by atoms with E-state index >= 15 is 0 Å². The van der Waals surface area contributed by atoms with Gasteiger partial charge >= 0.3 is 0 Å². The second kappa shape index (κ2) is 4.93. The van der Waals surface area contributed by atoms with Crippen molar-refractivity contribution in [1.82, 2.24) is 9.97 Å². The highest BCUT2D eigenvalue weighted by Gasteiger charge is 2.27. The standard InChI is InChI=1S/C11H16FN3O2/c1-7-3-15(4-9(5-16)17-7)11-10(12)8(2)13-6-14-11/h6-7,9,16H,3-5H2,1-2H3. The molecule has 1 aromatic rings. The van der Waals surface area contributed by atoms with Crippen LogP contribution in [0.1, 0.15) is 12.6 Å². The number of aromatic nitrogens is 2. The van der Waals surface area contributed by atoms with Crippen molar-refractivity contribution in [3.63, 3.8) is 0 Å². The first-order valence-corrected chi connectivity index (χ1v) is 5.60. The molecule has 2 atom stereocenters. The van der Waals surface area contributed by atoms with Gasteiger partial charge in [0.1, 0.15) is 6.33 Å². The van der Waals surface area contributed by atoms with Crippen LogP contribution < -0.4 is 4.90 Å². The van der Waals surface area contributed by atoms with Crippen LogP contribution in [0.3, 0.4) is 0 Å². The van der Waals surface area contributed by atoms with Crippen LogP contribution in [0.2, 0.25) is 0 Å². The van der Waals surface area contributed by atoms with Crippen molar-refractivity contribution in [3.05, 3.63) is 17.8 Å². The van der Waals surface area contributed by atoms with Gasteiger partial charge in [-0.1, -0.05) is 0 Å². The molecule has 2 unspecified atom stereocenters. The molecule has 94 valence electrons. The lowest BCUT2D eigenvalue weighted by atomic mass is 10.2. The summed E-state index contributed by atoms with van der Waals surface area (Å²) in [5, 5.41) is 9.12. The molecule has 1 aliphatic heterocycles. The summed E-state index contributed by atoms with van der Waals surface area (Å²) in [5.74, 6) is -0.121. The van der Waals surface area contributed by atoms with Crippen molar-refractivity contribution in [3.8, 4) is 0 Å². The Hall–Kier alpha value is -1.27. The molecule has 0 spiro atoms. The number of nitrogens with zero attached hydrogens (tertiary/aromatic N) is 3. The van der Waals surface area contributed by atoms with Gasteiger partial charge in [-0.15, -0.1) is 0 Å². The van der Waals surface area contributed by atoms with Crippen LogP contribution in [0, 0.1) is 12.7 Å². The zero-order valence-electron chi connectivity index (χ0n) is 9.93. The monoisotopic (exact) mass is 241 g/mol. The van der Waals surface area contributed by atoms with Crippen LogP contribution in [0.5, 0.6) is 0 Å². The number of morpholine rings is 1. The third-order valence-corrected chi connectivity index (χ3v) is 2.77. The summed E-state index contributed by atoms with van der Waals surface area (Å²) in [5.41, 5.74) is 0.328. The first kappa shape index (κ1) is 12.2. The predicted molar refractivity (Wildman–Crippen MR) is 60.4 cm³/mol. The van der Waals surface area contributed by atoms with Gasteiger partial charge in [0.05, 0.1) is 24.5 Å². The van der Waals surface area contributed by atoms with Gasteiger partial charge in [0, 0.05) is 13.1 Å². The van der Waals surface area contributed by atoms with Crippen LogP contribution >= 0.6 is 0 Å². The van der Waals surface area contributed by atoms with E-state index in [1.165, 1.54) is 6.33 Å². The van der Waals surface area contributed by atoms with Gasteiger partial charge in [0.25, 0.3) is 0 Å². The van der Waals surface area contributed by atoms with E-state index in [9.17, 15) is 4.39 Å². The molecular formula is C11H16FN3O2. The lowest BCUT2D eigenvalue weighted by molar-refractivity contribution is -0.0424. The fourth-order valence-corrected chi connectivity index (χ4v) is 1.98. The molecule has 5 nitrogen and oxygen atoms in total. The van der Waals surface area contributed by atoms with E-state index in [1.807, 2.05) is 6.92 Å². The molecule has 6 heteroatoms. The van der Waals surface area contributed by atoms with E-state index < -0.39 is 5.82 Å². The Morgan fingerprint density at radius 2 is 2.29 bits per heavy atom. The Balaban J connectivity index is 2.23. The normalized spacial score (nSPS) is 25.1. The summed E-state index contributed by atoms with van der Waals surface area (Å²) < 4.78 is 19.4. The van der Waals surface area contributed by atoms with E-state index in [1.54, 1.807) is 11.8 Å². The number of aryl methyl sites for hydroxylation is 1. The number of anilines is 1. The summed E-state index contributed by atoms with van der Waals surface area (Å²) in [4.78, 5) is 9.56. The molecule has 0 aliphatic carbocycles. The highest BCUT2D eigenvalue weighted by atomic mass is 19.1. The van der Waals surface area contributed by atoms with Crippen LogP contribution in [-0.4, -0.2) is 47.0 Å². The summed E-state index contributed by atoms with van der Waals surface area (Å²) in [7, 11) is 0. The number of ether oxygens (including phenoxy) is 1. The topological polar surface area (TPSA) is 58.5 Å². The van der Waals surface area contributed by atoms with E-state index in [0.29, 0.717) is 18.8 Å². The maximum atomic E-state index is 13.9. The molecule has 1 saturated heterocycles. The Morgan fingerprint density at radius 1 is 1.53 bits per heavy atom. The Bertz CT molecular complexity index is 402. The molecular weight excluding hydrogens is 225 g/mol. The molecule has 1 fully saturated rings. The van der Waals surface area contributed by atoms with Crippen molar-refractivity contribution in [2.45, 2.75) is 26.1 Å². The van der Waals surface area contributed by atoms with Gasteiger partial charge in [-0.25, -0.2) is 14.4 Å². The smallest absolute Gasteiger partial charge is 0.186 e. The van der Waals surface area contributed by atoms with Gasteiger partial charge < -0.3 is 14.7 Å². The maximum absolute atomic E-state index is 13.9. The highest BCUT2D eigenvalue weighted by molar-refractivity contribution is 5.41. The molecule has 2 heterocycles. The number of aliphatic hydroxyl groups is 1. The van der Waals surface area contributed by atoms with Gasteiger partial charge in [0.15, 0.2) is 11.6 Å². The molecule has 1 N–H and O–H groups in total. The lowest BCUT2D eigenvalue weighted by Crippen LogP contribution is -2.48. The Labute approximate surface area is 99.3 Å². The van der Waals surface area contributed by atoms with Crippen molar-refractivity contribution in [2.24, 2.45) is 0 Å². The van der Waals surface area contributed by atoms with Gasteiger partial charge in [-0.2, -0.15) is 0 Å². The first-order valence-electron chi connectivity index (χ1n) is 5.60.